The molecule has 2 rings (SSSR count). The molecule has 0 bridgehead atoms. The van der Waals surface area contributed by atoms with Gasteiger partial charge in [0.15, 0.2) is 0 Å². The number of rotatable bonds is 5. The van der Waals surface area contributed by atoms with E-state index in [4.69, 9.17) is 14.2 Å². The fraction of sp³-hybridized carbons (Fsp3) is 0.533. The maximum Gasteiger partial charge on any atom is 0.223 e. The van der Waals surface area contributed by atoms with Gasteiger partial charge in [-0.1, -0.05) is 0 Å². The van der Waals surface area contributed by atoms with Gasteiger partial charge in [-0.05, 0) is 24.3 Å². The molecule has 8 nitrogen and oxygen atoms in total. The van der Waals surface area contributed by atoms with Crippen LogP contribution in [0.5, 0.6) is 11.5 Å². The van der Waals surface area contributed by atoms with Crippen molar-refractivity contribution in [2.45, 2.75) is 37.6 Å². The lowest BCUT2D eigenvalue weighted by molar-refractivity contribution is -0.244. The Morgan fingerprint density at radius 2 is 1.83 bits per heavy atom. The van der Waals surface area contributed by atoms with Crippen molar-refractivity contribution in [3.8, 4) is 11.5 Å². The third-order valence-electron chi connectivity index (χ3n) is 3.56. The van der Waals surface area contributed by atoms with Gasteiger partial charge in [-0.25, -0.2) is 0 Å². The Bertz CT molecular complexity index is 521. The number of hydrogen-bond acceptors (Lipinski definition) is 7. The maximum atomic E-state index is 11.3. The summed E-state index contributed by atoms with van der Waals surface area (Å²) in [4.78, 5) is 11.3. The predicted molar refractivity (Wildman–Crippen MR) is 79.0 cm³/mol. The normalized spacial score (nSPS) is 30.6. The van der Waals surface area contributed by atoms with E-state index in [1.807, 2.05) is 0 Å². The molecule has 1 heterocycles. The number of amides is 1. The lowest BCUT2D eigenvalue weighted by Crippen LogP contribution is -2.65. The second-order valence-electron chi connectivity index (χ2n) is 5.23. The lowest BCUT2D eigenvalue weighted by atomic mass is 9.97. The summed E-state index contributed by atoms with van der Waals surface area (Å²) in [6.07, 6.45) is -4.76. The van der Waals surface area contributed by atoms with E-state index in [1.54, 1.807) is 24.3 Å². The quantitative estimate of drug-likeness (QED) is 0.549. The molecule has 1 saturated heterocycles. The summed E-state index contributed by atoms with van der Waals surface area (Å²) in [6.45, 7) is 0.787. The molecule has 5 atom stereocenters. The average Bonchev–Trinajstić information content (AvgIpc) is 2.54. The Morgan fingerprint density at radius 3 is 2.35 bits per heavy atom. The molecule has 0 unspecified atom stereocenters. The van der Waals surface area contributed by atoms with Crippen LogP contribution >= 0.6 is 0 Å². The number of methoxy groups -OCH3 is 1. The third-order valence-corrected chi connectivity index (χ3v) is 3.56. The van der Waals surface area contributed by atoms with Crippen molar-refractivity contribution in [1.29, 1.82) is 0 Å². The molecular weight excluding hydrogens is 306 g/mol. The highest BCUT2D eigenvalue weighted by molar-refractivity contribution is 5.73. The van der Waals surface area contributed by atoms with Crippen LogP contribution < -0.4 is 14.8 Å². The summed E-state index contributed by atoms with van der Waals surface area (Å²) >= 11 is 0. The van der Waals surface area contributed by atoms with E-state index in [1.165, 1.54) is 14.0 Å². The second kappa shape index (κ2) is 7.60. The van der Waals surface area contributed by atoms with Crippen LogP contribution in [0.4, 0.5) is 0 Å². The minimum absolute atomic E-state index is 0.407. The second-order valence-corrected chi connectivity index (χ2v) is 5.23. The van der Waals surface area contributed by atoms with Gasteiger partial charge < -0.3 is 34.8 Å². The van der Waals surface area contributed by atoms with Gasteiger partial charge in [0.2, 0.25) is 12.2 Å². The van der Waals surface area contributed by atoms with Crippen LogP contribution in [0.2, 0.25) is 0 Å². The summed E-state index contributed by atoms with van der Waals surface area (Å²) < 4.78 is 16.2. The molecule has 4 N–H and O–H groups in total. The minimum Gasteiger partial charge on any atom is -0.497 e. The number of carbonyl (C=O) groups excluding carboxylic acids is 1. The first-order valence-corrected chi connectivity index (χ1v) is 7.16. The van der Waals surface area contributed by atoms with E-state index in [-0.39, 0.29) is 0 Å². The fourth-order valence-electron chi connectivity index (χ4n) is 2.36. The van der Waals surface area contributed by atoms with Crippen LogP contribution in [0.15, 0.2) is 24.3 Å². The van der Waals surface area contributed by atoms with Gasteiger partial charge in [0, 0.05) is 6.92 Å². The van der Waals surface area contributed by atoms with Gasteiger partial charge in [-0.2, -0.15) is 0 Å². The van der Waals surface area contributed by atoms with Gasteiger partial charge in [0.25, 0.3) is 0 Å². The molecule has 1 aromatic carbocycles. The van der Waals surface area contributed by atoms with Crippen molar-refractivity contribution < 1.29 is 34.3 Å². The molecule has 0 spiro atoms. The Kier molecular flexibility index (Phi) is 5.78. The number of carbonyl (C=O) groups is 1. The van der Waals surface area contributed by atoms with Gasteiger partial charge in [0.1, 0.15) is 35.9 Å². The van der Waals surface area contributed by atoms with Gasteiger partial charge >= 0.3 is 0 Å². The summed E-state index contributed by atoms with van der Waals surface area (Å²) in [6, 6.07) is 5.66. The van der Waals surface area contributed by atoms with Crippen molar-refractivity contribution in [1.82, 2.24) is 5.32 Å². The first kappa shape index (κ1) is 17.5. The highest BCUT2D eigenvalue weighted by Crippen LogP contribution is 2.25. The van der Waals surface area contributed by atoms with Crippen molar-refractivity contribution in [3.05, 3.63) is 24.3 Å². The van der Waals surface area contributed by atoms with Crippen molar-refractivity contribution in [2.24, 2.45) is 0 Å². The Balaban J connectivity index is 2.17. The molecule has 1 amide bonds. The van der Waals surface area contributed by atoms with Crippen LogP contribution in [-0.4, -0.2) is 65.6 Å². The van der Waals surface area contributed by atoms with Crippen molar-refractivity contribution >= 4 is 5.91 Å². The summed E-state index contributed by atoms with van der Waals surface area (Å²) in [5.41, 5.74) is 0. The molecule has 0 radical (unpaired) electrons. The molecule has 1 aromatic rings. The van der Waals surface area contributed by atoms with Crippen LogP contribution in [0, 0.1) is 0 Å². The van der Waals surface area contributed by atoms with Gasteiger partial charge in [-0.15, -0.1) is 0 Å². The lowest BCUT2D eigenvalue weighted by Gasteiger charge is -2.42. The van der Waals surface area contributed by atoms with E-state index < -0.39 is 43.2 Å². The topological polar surface area (TPSA) is 117 Å². The van der Waals surface area contributed by atoms with Crippen LogP contribution in [0.3, 0.4) is 0 Å². The SMILES string of the molecule is COc1ccc(O[C@H]2O[C@@H](CO)[C@@H](O)[C@H](O)[C@@H]2NC(C)=O)cc1. The van der Waals surface area contributed by atoms with E-state index >= 15 is 0 Å². The molecular formula is C15H21NO7. The fourth-order valence-corrected chi connectivity index (χ4v) is 2.36. The monoisotopic (exact) mass is 327 g/mol. The average molecular weight is 327 g/mol. The molecule has 1 fully saturated rings. The standard InChI is InChI=1S/C15H21NO7/c1-8(18)16-12-14(20)13(19)11(7-17)23-15(12)22-10-5-3-9(21-2)4-6-10/h3-6,11-15,17,19-20H,7H2,1-2H3,(H,16,18)/t11-,12-,13+,14+,15-/m0/s1. The Hall–Kier alpha value is -1.87. The smallest absolute Gasteiger partial charge is 0.223 e. The zero-order chi connectivity index (χ0) is 17.0. The summed E-state index contributed by atoms with van der Waals surface area (Å²) in [5.74, 6) is 0.658. The molecule has 1 aliphatic heterocycles. The molecule has 0 aromatic heterocycles. The molecule has 0 aliphatic carbocycles. The van der Waals surface area contributed by atoms with Crippen LogP contribution in [0.1, 0.15) is 6.92 Å². The van der Waals surface area contributed by atoms with E-state index in [0.717, 1.165) is 0 Å². The number of aliphatic hydroxyl groups excluding tert-OH is 3. The van der Waals surface area contributed by atoms with Crippen LogP contribution in [-0.2, 0) is 9.53 Å². The molecule has 1 aliphatic rings. The highest BCUT2D eigenvalue weighted by atomic mass is 16.7. The zero-order valence-electron chi connectivity index (χ0n) is 12.9. The molecule has 0 saturated carbocycles. The molecule has 8 heteroatoms. The number of nitrogens with one attached hydrogen (secondary N) is 1. The van der Waals surface area contributed by atoms with Crippen molar-refractivity contribution in [3.63, 3.8) is 0 Å². The first-order chi connectivity index (χ1) is 11.0. The summed E-state index contributed by atoms with van der Waals surface area (Å²) in [7, 11) is 1.54. The van der Waals surface area contributed by atoms with E-state index in [9.17, 15) is 20.1 Å². The Morgan fingerprint density at radius 1 is 1.22 bits per heavy atom. The molecule has 128 valence electrons. The number of benzene rings is 1. The maximum absolute atomic E-state index is 11.3. The number of hydrogen-bond donors (Lipinski definition) is 4. The van der Waals surface area contributed by atoms with Crippen molar-refractivity contribution in [2.75, 3.05) is 13.7 Å². The molecule has 23 heavy (non-hydrogen) atoms. The first-order valence-electron chi connectivity index (χ1n) is 7.16. The third kappa shape index (κ3) is 4.11. The predicted octanol–water partition coefficient (Wildman–Crippen LogP) is -0.982. The van der Waals surface area contributed by atoms with Crippen LogP contribution in [0.25, 0.3) is 0 Å². The zero-order valence-corrected chi connectivity index (χ0v) is 12.9. The highest BCUT2D eigenvalue weighted by Gasteiger charge is 2.46. The Labute approximate surface area is 133 Å². The van der Waals surface area contributed by atoms with E-state index in [2.05, 4.69) is 5.32 Å². The largest absolute Gasteiger partial charge is 0.497 e. The number of ether oxygens (including phenoxy) is 3. The summed E-state index contributed by atoms with van der Waals surface area (Å²) in [5, 5.41) is 31.8. The van der Waals surface area contributed by atoms with Gasteiger partial charge in [-0.3, -0.25) is 4.79 Å². The minimum atomic E-state index is -1.34. The van der Waals surface area contributed by atoms with Gasteiger partial charge in [0.05, 0.1) is 13.7 Å². The van der Waals surface area contributed by atoms with E-state index in [0.29, 0.717) is 11.5 Å². The number of aliphatic hydroxyl groups is 3.